The molecule has 6 heteroatoms. The molecule has 2 aromatic carbocycles. The third-order valence-electron chi connectivity index (χ3n) is 3.95. The quantitative estimate of drug-likeness (QED) is 0.628. The molecule has 0 radical (unpaired) electrons. The van der Waals surface area contributed by atoms with E-state index in [1.54, 1.807) is 0 Å². The normalized spacial score (nSPS) is 10.9. The van der Waals surface area contributed by atoms with Gasteiger partial charge >= 0.3 is 0 Å². The van der Waals surface area contributed by atoms with Gasteiger partial charge < -0.3 is 9.73 Å². The fraction of sp³-hybridized carbons (Fsp3) is 0.250. The Kier molecular flexibility index (Phi) is 5.73. The van der Waals surface area contributed by atoms with Crippen molar-refractivity contribution >= 4 is 23.4 Å². The van der Waals surface area contributed by atoms with Crippen molar-refractivity contribution in [2.24, 2.45) is 0 Å². The maximum Gasteiger partial charge on any atom is 0.277 e. The van der Waals surface area contributed by atoms with Crippen LogP contribution in [-0.4, -0.2) is 21.9 Å². The minimum atomic E-state index is -0.105. The number of benzene rings is 2. The number of hydrogen-bond acceptors (Lipinski definition) is 5. The van der Waals surface area contributed by atoms with Gasteiger partial charge in [-0.15, -0.1) is 10.2 Å². The van der Waals surface area contributed by atoms with Crippen molar-refractivity contribution in [1.82, 2.24) is 10.2 Å². The van der Waals surface area contributed by atoms with E-state index in [9.17, 15) is 4.79 Å². The van der Waals surface area contributed by atoms with Gasteiger partial charge in [0, 0.05) is 11.3 Å². The van der Waals surface area contributed by atoms with Gasteiger partial charge in [0.15, 0.2) is 0 Å². The first kappa shape index (κ1) is 18.2. The first-order valence-electron chi connectivity index (χ1n) is 8.45. The van der Waals surface area contributed by atoms with E-state index in [-0.39, 0.29) is 11.7 Å². The Hall–Kier alpha value is -2.60. The standard InChI is InChI=1S/C20H21N3O2S/c1-13(2)15-8-6-9-16(11-15)21-18(24)12-26-20-23-22-19(25-20)17-10-5-4-7-14(17)3/h4-11,13H,12H2,1-3H3,(H,21,24). The number of nitrogens with zero attached hydrogens (tertiary/aromatic N) is 2. The number of anilines is 1. The fourth-order valence-corrected chi connectivity index (χ4v) is 3.05. The molecule has 134 valence electrons. The van der Waals surface area contributed by atoms with Crippen molar-refractivity contribution in [1.29, 1.82) is 0 Å². The highest BCUT2D eigenvalue weighted by atomic mass is 32.2. The molecule has 0 atom stereocenters. The molecule has 5 nitrogen and oxygen atoms in total. The van der Waals surface area contributed by atoms with Crippen LogP contribution >= 0.6 is 11.8 Å². The van der Waals surface area contributed by atoms with Crippen LogP contribution in [0.2, 0.25) is 0 Å². The number of amides is 1. The Bertz CT molecular complexity index is 905. The number of carbonyl (C=O) groups excluding carboxylic acids is 1. The molecule has 1 heterocycles. The summed E-state index contributed by atoms with van der Waals surface area (Å²) in [6.07, 6.45) is 0. The van der Waals surface area contributed by atoms with Crippen molar-refractivity contribution in [3.8, 4) is 11.5 Å². The van der Waals surface area contributed by atoms with Crippen molar-refractivity contribution in [2.45, 2.75) is 31.9 Å². The summed E-state index contributed by atoms with van der Waals surface area (Å²) >= 11 is 1.23. The molecule has 1 aromatic heterocycles. The zero-order chi connectivity index (χ0) is 18.5. The number of aryl methyl sites for hydroxylation is 1. The van der Waals surface area contributed by atoms with Crippen LogP contribution in [0.1, 0.15) is 30.9 Å². The molecule has 0 aliphatic carbocycles. The molecule has 0 saturated carbocycles. The number of carbonyl (C=O) groups is 1. The average molecular weight is 367 g/mol. The maximum absolute atomic E-state index is 12.2. The highest BCUT2D eigenvalue weighted by Crippen LogP contribution is 2.25. The second-order valence-corrected chi connectivity index (χ2v) is 7.23. The number of thioether (sulfide) groups is 1. The molecule has 0 unspecified atom stereocenters. The van der Waals surface area contributed by atoms with E-state index < -0.39 is 0 Å². The monoisotopic (exact) mass is 367 g/mol. The van der Waals surface area contributed by atoms with Gasteiger partial charge in [-0.05, 0) is 42.2 Å². The largest absolute Gasteiger partial charge is 0.411 e. The second kappa shape index (κ2) is 8.19. The van der Waals surface area contributed by atoms with Crippen LogP contribution in [0.25, 0.3) is 11.5 Å². The van der Waals surface area contributed by atoms with Gasteiger partial charge in [0.25, 0.3) is 5.22 Å². The lowest BCUT2D eigenvalue weighted by atomic mass is 10.0. The lowest BCUT2D eigenvalue weighted by Crippen LogP contribution is -2.14. The summed E-state index contributed by atoms with van der Waals surface area (Å²) in [5.41, 5.74) is 3.96. The summed E-state index contributed by atoms with van der Waals surface area (Å²) in [4.78, 5) is 12.2. The van der Waals surface area contributed by atoms with Gasteiger partial charge in [-0.2, -0.15) is 0 Å². The summed E-state index contributed by atoms with van der Waals surface area (Å²) in [7, 11) is 0. The predicted octanol–water partition coefficient (Wildman–Crippen LogP) is 4.90. The van der Waals surface area contributed by atoms with Gasteiger partial charge in [-0.1, -0.05) is 55.9 Å². The Morgan fingerprint density at radius 3 is 2.73 bits per heavy atom. The molecule has 3 rings (SSSR count). The van der Waals surface area contributed by atoms with E-state index in [0.29, 0.717) is 17.0 Å². The molecule has 0 saturated heterocycles. The highest BCUT2D eigenvalue weighted by Gasteiger charge is 2.13. The molecule has 0 spiro atoms. The van der Waals surface area contributed by atoms with E-state index in [1.807, 2.05) is 49.4 Å². The third-order valence-corrected chi connectivity index (χ3v) is 4.76. The average Bonchev–Trinajstić information content (AvgIpc) is 3.09. The van der Waals surface area contributed by atoms with Gasteiger partial charge in [-0.25, -0.2) is 0 Å². The summed E-state index contributed by atoms with van der Waals surface area (Å²) < 4.78 is 5.66. The maximum atomic E-state index is 12.2. The first-order chi connectivity index (χ1) is 12.5. The molecular formula is C20H21N3O2S. The number of nitrogens with one attached hydrogen (secondary N) is 1. The molecule has 26 heavy (non-hydrogen) atoms. The molecular weight excluding hydrogens is 346 g/mol. The predicted molar refractivity (Wildman–Crippen MR) is 104 cm³/mol. The highest BCUT2D eigenvalue weighted by molar-refractivity contribution is 7.99. The topological polar surface area (TPSA) is 68.0 Å². The number of aromatic nitrogens is 2. The van der Waals surface area contributed by atoms with Gasteiger partial charge in [-0.3, -0.25) is 4.79 Å². The van der Waals surface area contributed by atoms with Crippen molar-refractivity contribution in [2.75, 3.05) is 11.1 Å². The van der Waals surface area contributed by atoms with Crippen LogP contribution < -0.4 is 5.32 Å². The fourth-order valence-electron chi connectivity index (χ4n) is 2.49. The lowest BCUT2D eigenvalue weighted by Gasteiger charge is -2.09. The third kappa shape index (κ3) is 4.52. The molecule has 1 amide bonds. The zero-order valence-corrected chi connectivity index (χ0v) is 15.8. The van der Waals surface area contributed by atoms with Gasteiger partial charge in [0.1, 0.15) is 0 Å². The molecule has 0 aliphatic rings. The summed E-state index contributed by atoms with van der Waals surface area (Å²) in [5, 5.41) is 11.4. The van der Waals surface area contributed by atoms with Crippen LogP contribution in [0.3, 0.4) is 0 Å². The van der Waals surface area contributed by atoms with E-state index in [2.05, 4.69) is 35.4 Å². The van der Waals surface area contributed by atoms with Crippen molar-refractivity contribution < 1.29 is 9.21 Å². The lowest BCUT2D eigenvalue weighted by molar-refractivity contribution is -0.113. The molecule has 0 aliphatic heterocycles. The van der Waals surface area contributed by atoms with Gasteiger partial charge in [0.2, 0.25) is 11.8 Å². The van der Waals surface area contributed by atoms with E-state index in [1.165, 1.54) is 17.3 Å². The van der Waals surface area contributed by atoms with Crippen LogP contribution in [0.5, 0.6) is 0 Å². The molecule has 0 bridgehead atoms. The summed E-state index contributed by atoms with van der Waals surface area (Å²) in [6, 6.07) is 15.7. The van der Waals surface area contributed by atoms with Gasteiger partial charge in [0.05, 0.1) is 5.75 Å². The second-order valence-electron chi connectivity index (χ2n) is 6.31. The minimum absolute atomic E-state index is 0.105. The van der Waals surface area contributed by atoms with Crippen LogP contribution in [0.15, 0.2) is 58.2 Å². The van der Waals surface area contributed by atoms with Crippen molar-refractivity contribution in [3.05, 3.63) is 59.7 Å². The summed E-state index contributed by atoms with van der Waals surface area (Å²) in [6.45, 7) is 6.24. The molecule has 3 aromatic rings. The van der Waals surface area contributed by atoms with Crippen LogP contribution in [0, 0.1) is 6.92 Å². The van der Waals surface area contributed by atoms with Crippen LogP contribution in [-0.2, 0) is 4.79 Å². The number of hydrogen-bond donors (Lipinski definition) is 1. The first-order valence-corrected chi connectivity index (χ1v) is 9.43. The van der Waals surface area contributed by atoms with Crippen molar-refractivity contribution in [3.63, 3.8) is 0 Å². The SMILES string of the molecule is Cc1ccccc1-c1nnc(SCC(=O)Nc2cccc(C(C)C)c2)o1. The van der Waals surface area contributed by atoms with Crippen LogP contribution in [0.4, 0.5) is 5.69 Å². The molecule has 0 fully saturated rings. The Balaban J connectivity index is 1.59. The van der Waals surface area contributed by atoms with E-state index in [0.717, 1.165) is 16.8 Å². The number of rotatable bonds is 6. The Labute approximate surface area is 157 Å². The Morgan fingerprint density at radius 1 is 1.15 bits per heavy atom. The summed E-state index contributed by atoms with van der Waals surface area (Å²) in [5.74, 6) is 0.989. The minimum Gasteiger partial charge on any atom is -0.411 e. The molecule has 1 N–H and O–H groups in total. The smallest absolute Gasteiger partial charge is 0.277 e. The van der Waals surface area contributed by atoms with E-state index in [4.69, 9.17) is 4.42 Å². The van der Waals surface area contributed by atoms with E-state index >= 15 is 0 Å². The zero-order valence-electron chi connectivity index (χ0n) is 15.0. The Morgan fingerprint density at radius 2 is 1.96 bits per heavy atom.